The van der Waals surface area contributed by atoms with Gasteiger partial charge in [-0.25, -0.2) is 14.3 Å². The highest BCUT2D eigenvalue weighted by Gasteiger charge is 2.14. The molecule has 0 amide bonds. The lowest BCUT2D eigenvalue weighted by Gasteiger charge is -1.99. The SMILES string of the molecule is CC(=O)n1c(=O)n(/C=C/c2nc3ccccc3[nH]c2=O)c2ccccc21. The lowest BCUT2D eigenvalue weighted by atomic mass is 10.3. The fourth-order valence-electron chi connectivity index (χ4n) is 2.92. The van der Waals surface area contributed by atoms with Crippen molar-refractivity contribution in [3.05, 3.63) is 75.1 Å². The van der Waals surface area contributed by atoms with Gasteiger partial charge in [-0.2, -0.15) is 0 Å². The summed E-state index contributed by atoms with van der Waals surface area (Å²) < 4.78 is 2.42. The van der Waals surface area contributed by atoms with E-state index < -0.39 is 5.69 Å². The number of para-hydroxylation sites is 4. The van der Waals surface area contributed by atoms with E-state index in [0.29, 0.717) is 22.1 Å². The van der Waals surface area contributed by atoms with Crippen LogP contribution in [0.5, 0.6) is 0 Å². The van der Waals surface area contributed by atoms with E-state index in [2.05, 4.69) is 9.97 Å². The second-order valence-corrected chi connectivity index (χ2v) is 5.78. The summed E-state index contributed by atoms with van der Waals surface area (Å²) in [7, 11) is 0. The molecule has 0 radical (unpaired) electrons. The summed E-state index contributed by atoms with van der Waals surface area (Å²) in [6, 6.07) is 14.2. The third kappa shape index (κ3) is 2.46. The molecule has 2 aromatic heterocycles. The number of hydrogen-bond acceptors (Lipinski definition) is 4. The highest BCUT2D eigenvalue weighted by Crippen LogP contribution is 2.13. The Morgan fingerprint density at radius 3 is 2.50 bits per heavy atom. The van der Waals surface area contributed by atoms with Crippen molar-refractivity contribution >= 4 is 40.2 Å². The Hall–Kier alpha value is -3.74. The van der Waals surface area contributed by atoms with Gasteiger partial charge in [-0.15, -0.1) is 0 Å². The first-order valence-corrected chi connectivity index (χ1v) is 7.96. The van der Waals surface area contributed by atoms with E-state index in [0.717, 1.165) is 4.57 Å². The van der Waals surface area contributed by atoms with Gasteiger partial charge in [0.05, 0.1) is 22.1 Å². The Labute approximate surface area is 146 Å². The summed E-state index contributed by atoms with van der Waals surface area (Å²) in [5, 5.41) is 0. The summed E-state index contributed by atoms with van der Waals surface area (Å²) in [6.45, 7) is 1.33. The van der Waals surface area contributed by atoms with Crippen LogP contribution in [0.1, 0.15) is 17.4 Å². The zero-order chi connectivity index (χ0) is 18.3. The molecule has 2 aromatic carbocycles. The first kappa shape index (κ1) is 15.8. The van der Waals surface area contributed by atoms with Crippen LogP contribution < -0.4 is 11.2 Å². The maximum Gasteiger partial charge on any atom is 0.340 e. The molecule has 0 saturated carbocycles. The van der Waals surface area contributed by atoms with E-state index in [1.54, 1.807) is 36.4 Å². The Morgan fingerprint density at radius 2 is 1.73 bits per heavy atom. The fourth-order valence-corrected chi connectivity index (χ4v) is 2.92. The predicted molar refractivity (Wildman–Crippen MR) is 100 cm³/mol. The smallest absolute Gasteiger partial charge is 0.319 e. The van der Waals surface area contributed by atoms with Gasteiger partial charge < -0.3 is 4.98 Å². The molecule has 128 valence electrons. The Bertz CT molecular complexity index is 1310. The number of nitrogens with zero attached hydrogens (tertiary/aromatic N) is 3. The first-order chi connectivity index (χ1) is 12.6. The van der Waals surface area contributed by atoms with Gasteiger partial charge in [0.15, 0.2) is 0 Å². The minimum absolute atomic E-state index is 0.176. The third-order valence-corrected chi connectivity index (χ3v) is 4.10. The molecule has 7 nitrogen and oxygen atoms in total. The van der Waals surface area contributed by atoms with Crippen LogP contribution in [-0.4, -0.2) is 25.0 Å². The van der Waals surface area contributed by atoms with Gasteiger partial charge in [0.25, 0.3) is 5.56 Å². The molecule has 26 heavy (non-hydrogen) atoms. The van der Waals surface area contributed by atoms with Gasteiger partial charge in [0.2, 0.25) is 5.91 Å². The molecule has 0 aliphatic heterocycles. The number of imidazole rings is 1. The molecule has 4 rings (SSSR count). The molecule has 1 N–H and O–H groups in total. The number of H-pyrrole nitrogens is 1. The van der Waals surface area contributed by atoms with Crippen molar-refractivity contribution in [2.24, 2.45) is 0 Å². The van der Waals surface area contributed by atoms with Crippen molar-refractivity contribution in [2.45, 2.75) is 6.92 Å². The van der Waals surface area contributed by atoms with E-state index in [9.17, 15) is 14.4 Å². The Kier molecular flexibility index (Phi) is 3.62. The maximum atomic E-state index is 12.6. The molecular weight excluding hydrogens is 332 g/mol. The van der Waals surface area contributed by atoms with Gasteiger partial charge in [-0.1, -0.05) is 24.3 Å². The zero-order valence-corrected chi connectivity index (χ0v) is 13.8. The lowest BCUT2D eigenvalue weighted by Crippen LogP contribution is -2.25. The molecular formula is C19H14N4O3. The average molecular weight is 346 g/mol. The Morgan fingerprint density at radius 1 is 1.04 bits per heavy atom. The number of benzene rings is 2. The highest BCUT2D eigenvalue weighted by molar-refractivity contribution is 5.90. The van der Waals surface area contributed by atoms with E-state index in [4.69, 9.17) is 0 Å². The first-order valence-electron chi connectivity index (χ1n) is 7.96. The largest absolute Gasteiger partial charge is 0.340 e. The van der Waals surface area contributed by atoms with Crippen molar-refractivity contribution in [1.82, 2.24) is 19.1 Å². The van der Waals surface area contributed by atoms with E-state index in [1.165, 1.54) is 23.8 Å². The number of fused-ring (bicyclic) bond motifs is 2. The van der Waals surface area contributed by atoms with Crippen LogP contribution in [0.15, 0.2) is 58.1 Å². The summed E-state index contributed by atoms with van der Waals surface area (Å²) in [6.07, 6.45) is 2.92. The molecule has 0 atom stereocenters. The molecule has 0 aliphatic rings. The van der Waals surface area contributed by atoms with Crippen LogP contribution in [0.2, 0.25) is 0 Å². The standard InChI is InChI=1S/C19H14N4O3/c1-12(24)23-17-9-5-4-8-16(17)22(19(23)26)11-10-15-18(25)21-14-7-3-2-6-13(14)20-15/h2-11H,1H3,(H,21,25)/b11-10+. The van der Waals surface area contributed by atoms with Gasteiger partial charge >= 0.3 is 5.69 Å². The number of rotatable bonds is 2. The maximum absolute atomic E-state index is 12.6. The van der Waals surface area contributed by atoms with Crippen molar-refractivity contribution in [1.29, 1.82) is 0 Å². The van der Waals surface area contributed by atoms with Gasteiger partial charge in [0.1, 0.15) is 5.69 Å². The summed E-state index contributed by atoms with van der Waals surface area (Å²) in [5.74, 6) is -0.375. The second kappa shape index (κ2) is 5.96. The number of aromatic nitrogens is 4. The minimum atomic E-state index is -0.493. The monoisotopic (exact) mass is 346 g/mol. The van der Waals surface area contributed by atoms with Crippen LogP contribution >= 0.6 is 0 Å². The average Bonchev–Trinajstić information content (AvgIpc) is 2.91. The highest BCUT2D eigenvalue weighted by atomic mass is 16.2. The number of carbonyl (C=O) groups excluding carboxylic acids is 1. The van der Waals surface area contributed by atoms with E-state index in [-0.39, 0.29) is 17.2 Å². The summed E-state index contributed by atoms with van der Waals surface area (Å²) in [5.41, 5.74) is 1.69. The number of hydrogen-bond donors (Lipinski definition) is 1. The summed E-state index contributed by atoms with van der Waals surface area (Å²) in [4.78, 5) is 43.7. The van der Waals surface area contributed by atoms with Crippen LogP contribution in [0, 0.1) is 0 Å². The Balaban J connectivity index is 1.90. The summed E-state index contributed by atoms with van der Waals surface area (Å²) >= 11 is 0. The predicted octanol–water partition coefficient (Wildman–Crippen LogP) is 2.33. The van der Waals surface area contributed by atoms with Crippen molar-refractivity contribution in [3.8, 4) is 0 Å². The molecule has 2 heterocycles. The normalized spacial score (nSPS) is 11.6. The van der Waals surface area contributed by atoms with E-state index >= 15 is 0 Å². The van der Waals surface area contributed by atoms with Crippen LogP contribution in [0.4, 0.5) is 0 Å². The van der Waals surface area contributed by atoms with E-state index in [1.807, 2.05) is 12.1 Å². The molecule has 0 bridgehead atoms. The fraction of sp³-hybridized carbons (Fsp3) is 0.0526. The van der Waals surface area contributed by atoms with Gasteiger partial charge in [0, 0.05) is 13.1 Å². The van der Waals surface area contributed by atoms with Crippen LogP contribution in [0.3, 0.4) is 0 Å². The number of aromatic amines is 1. The lowest BCUT2D eigenvalue weighted by molar-refractivity contribution is 0.0937. The van der Waals surface area contributed by atoms with Gasteiger partial charge in [-0.3, -0.25) is 14.2 Å². The second-order valence-electron chi connectivity index (χ2n) is 5.78. The molecule has 0 fully saturated rings. The molecule has 0 saturated heterocycles. The molecule has 4 aromatic rings. The van der Waals surface area contributed by atoms with Crippen LogP contribution in [0.25, 0.3) is 34.3 Å². The van der Waals surface area contributed by atoms with Crippen LogP contribution in [-0.2, 0) is 0 Å². The zero-order valence-electron chi connectivity index (χ0n) is 13.8. The molecule has 0 spiro atoms. The van der Waals surface area contributed by atoms with Crippen molar-refractivity contribution in [3.63, 3.8) is 0 Å². The van der Waals surface area contributed by atoms with Crippen molar-refractivity contribution in [2.75, 3.05) is 0 Å². The number of nitrogens with one attached hydrogen (secondary N) is 1. The topological polar surface area (TPSA) is 89.8 Å². The minimum Gasteiger partial charge on any atom is -0.319 e. The van der Waals surface area contributed by atoms with Gasteiger partial charge in [-0.05, 0) is 30.3 Å². The molecule has 0 aliphatic carbocycles. The van der Waals surface area contributed by atoms with Crippen molar-refractivity contribution < 1.29 is 4.79 Å². The quantitative estimate of drug-likeness (QED) is 0.603. The molecule has 0 unspecified atom stereocenters. The number of carbonyl (C=O) groups is 1. The molecule has 7 heteroatoms. The third-order valence-electron chi connectivity index (χ3n) is 4.10.